The highest BCUT2D eigenvalue weighted by molar-refractivity contribution is 5.44. The predicted octanol–water partition coefficient (Wildman–Crippen LogP) is 3.12. The molecule has 0 aliphatic heterocycles. The molecule has 0 aliphatic carbocycles. The molecule has 0 aliphatic rings. The molecule has 2 aromatic rings. The monoisotopic (exact) mass is 286 g/mol. The van der Waals surface area contributed by atoms with Crippen molar-refractivity contribution in [2.24, 2.45) is 5.73 Å². The first-order chi connectivity index (χ1) is 10.2. The highest BCUT2D eigenvalue weighted by Gasteiger charge is 2.12. The summed E-state index contributed by atoms with van der Waals surface area (Å²) in [5.41, 5.74) is 8.28. The van der Waals surface area contributed by atoms with E-state index in [9.17, 15) is 0 Å². The lowest BCUT2D eigenvalue weighted by atomic mass is 10.0. The first-order valence-corrected chi connectivity index (χ1v) is 7.29. The molecule has 1 atom stereocenters. The molecule has 0 bridgehead atoms. The molecule has 21 heavy (non-hydrogen) atoms. The largest absolute Gasteiger partial charge is 0.490 e. The number of nitrogens with two attached hydrogens (primary N) is 1. The first-order valence-electron chi connectivity index (χ1n) is 7.29. The highest BCUT2D eigenvalue weighted by atomic mass is 16.5. The van der Waals surface area contributed by atoms with Gasteiger partial charge in [-0.3, -0.25) is 4.98 Å². The molecule has 1 aromatic heterocycles. The highest BCUT2D eigenvalue weighted by Crippen LogP contribution is 2.30. The van der Waals surface area contributed by atoms with Gasteiger partial charge in [-0.05, 0) is 43.7 Å². The molecular weight excluding hydrogens is 264 g/mol. The molecule has 0 radical (unpaired) electrons. The summed E-state index contributed by atoms with van der Waals surface area (Å²) in [6.07, 6.45) is 2.48. The molecular formula is C17H22N2O2. The Hall–Kier alpha value is -2.07. The van der Waals surface area contributed by atoms with Crippen molar-refractivity contribution in [1.29, 1.82) is 0 Å². The Morgan fingerprint density at radius 1 is 1.05 bits per heavy atom. The molecule has 0 saturated carbocycles. The number of aromatic nitrogens is 1. The summed E-state index contributed by atoms with van der Waals surface area (Å²) in [7, 11) is 0. The Morgan fingerprint density at radius 3 is 2.48 bits per heavy atom. The van der Waals surface area contributed by atoms with Crippen LogP contribution in [0.25, 0.3) is 0 Å². The average molecular weight is 286 g/mol. The van der Waals surface area contributed by atoms with Gasteiger partial charge >= 0.3 is 0 Å². The summed E-state index contributed by atoms with van der Waals surface area (Å²) in [6, 6.07) is 11.6. The van der Waals surface area contributed by atoms with Crippen LogP contribution in [0.15, 0.2) is 42.6 Å². The standard InChI is InChI=1S/C17H22N2O2/c1-3-20-16-9-8-13(11-17(16)21-4-2)15(18)12-14-7-5-6-10-19-14/h5-11,15H,3-4,12,18H2,1-2H3. The van der Waals surface area contributed by atoms with Crippen molar-refractivity contribution >= 4 is 0 Å². The second kappa shape index (κ2) is 7.64. The van der Waals surface area contributed by atoms with E-state index in [1.54, 1.807) is 6.20 Å². The Morgan fingerprint density at radius 2 is 1.81 bits per heavy atom. The Kier molecular flexibility index (Phi) is 5.58. The fourth-order valence-corrected chi connectivity index (χ4v) is 2.16. The zero-order valence-corrected chi connectivity index (χ0v) is 12.6. The van der Waals surface area contributed by atoms with Crippen molar-refractivity contribution in [3.63, 3.8) is 0 Å². The number of benzene rings is 1. The number of rotatable bonds is 7. The lowest BCUT2D eigenvalue weighted by Crippen LogP contribution is -2.14. The van der Waals surface area contributed by atoms with Gasteiger partial charge in [-0.25, -0.2) is 0 Å². The summed E-state index contributed by atoms with van der Waals surface area (Å²) < 4.78 is 11.2. The third kappa shape index (κ3) is 4.20. The van der Waals surface area contributed by atoms with Crippen molar-refractivity contribution in [2.75, 3.05) is 13.2 Å². The lowest BCUT2D eigenvalue weighted by Gasteiger charge is -2.16. The van der Waals surface area contributed by atoms with Crippen LogP contribution in [0.2, 0.25) is 0 Å². The molecule has 2 N–H and O–H groups in total. The Balaban J connectivity index is 2.17. The molecule has 0 spiro atoms. The minimum Gasteiger partial charge on any atom is -0.490 e. The summed E-state index contributed by atoms with van der Waals surface area (Å²) in [5.74, 6) is 1.50. The van der Waals surface area contributed by atoms with E-state index < -0.39 is 0 Å². The summed E-state index contributed by atoms with van der Waals surface area (Å²) in [6.45, 7) is 5.12. The van der Waals surface area contributed by atoms with Gasteiger partial charge in [0.2, 0.25) is 0 Å². The second-order valence-corrected chi connectivity index (χ2v) is 4.70. The van der Waals surface area contributed by atoms with Gasteiger partial charge in [-0.2, -0.15) is 0 Å². The van der Waals surface area contributed by atoms with Gasteiger partial charge in [-0.1, -0.05) is 12.1 Å². The van der Waals surface area contributed by atoms with Crippen LogP contribution in [0.3, 0.4) is 0 Å². The summed E-state index contributed by atoms with van der Waals surface area (Å²) >= 11 is 0. The maximum absolute atomic E-state index is 6.28. The van der Waals surface area contributed by atoms with Gasteiger partial charge in [0.1, 0.15) is 0 Å². The van der Waals surface area contributed by atoms with Crippen LogP contribution in [-0.4, -0.2) is 18.2 Å². The molecule has 1 unspecified atom stereocenters. The Labute approximate surface area is 125 Å². The van der Waals surface area contributed by atoms with E-state index in [-0.39, 0.29) is 6.04 Å². The number of hydrogen-bond donors (Lipinski definition) is 1. The van der Waals surface area contributed by atoms with Crippen LogP contribution < -0.4 is 15.2 Å². The predicted molar refractivity (Wildman–Crippen MR) is 83.6 cm³/mol. The minimum atomic E-state index is -0.116. The molecule has 112 valence electrons. The van der Waals surface area contributed by atoms with Crippen molar-refractivity contribution in [3.05, 3.63) is 53.9 Å². The maximum Gasteiger partial charge on any atom is 0.161 e. The minimum absolute atomic E-state index is 0.116. The van der Waals surface area contributed by atoms with Crippen LogP contribution in [-0.2, 0) is 6.42 Å². The molecule has 4 nitrogen and oxygen atoms in total. The lowest BCUT2D eigenvalue weighted by molar-refractivity contribution is 0.287. The van der Waals surface area contributed by atoms with Gasteiger partial charge in [0, 0.05) is 24.4 Å². The SMILES string of the molecule is CCOc1ccc(C(N)Cc2ccccn2)cc1OCC. The second-order valence-electron chi connectivity index (χ2n) is 4.70. The van der Waals surface area contributed by atoms with E-state index in [2.05, 4.69) is 4.98 Å². The molecule has 2 rings (SSSR count). The number of pyridine rings is 1. The van der Waals surface area contributed by atoms with Crippen LogP contribution in [0.4, 0.5) is 0 Å². The maximum atomic E-state index is 6.28. The summed E-state index contributed by atoms with van der Waals surface area (Å²) in [5, 5.41) is 0. The van der Waals surface area contributed by atoms with E-state index in [0.717, 1.165) is 22.8 Å². The number of hydrogen-bond acceptors (Lipinski definition) is 4. The van der Waals surface area contributed by atoms with Crippen LogP contribution in [0, 0.1) is 0 Å². The normalized spacial score (nSPS) is 12.0. The molecule has 0 fully saturated rings. The summed E-state index contributed by atoms with van der Waals surface area (Å²) in [4.78, 5) is 4.31. The molecule has 4 heteroatoms. The third-order valence-electron chi connectivity index (χ3n) is 3.15. The van der Waals surface area contributed by atoms with Gasteiger partial charge in [-0.15, -0.1) is 0 Å². The fourth-order valence-electron chi connectivity index (χ4n) is 2.16. The van der Waals surface area contributed by atoms with Crippen molar-refractivity contribution < 1.29 is 9.47 Å². The fraction of sp³-hybridized carbons (Fsp3) is 0.353. The van der Waals surface area contributed by atoms with Crippen molar-refractivity contribution in [2.45, 2.75) is 26.3 Å². The van der Waals surface area contributed by atoms with Crippen LogP contribution in [0.5, 0.6) is 11.5 Å². The molecule has 0 saturated heterocycles. The third-order valence-corrected chi connectivity index (χ3v) is 3.15. The molecule has 1 heterocycles. The van der Waals surface area contributed by atoms with E-state index in [0.29, 0.717) is 19.6 Å². The topological polar surface area (TPSA) is 57.4 Å². The number of ether oxygens (including phenoxy) is 2. The first kappa shape index (κ1) is 15.3. The zero-order chi connectivity index (χ0) is 15.1. The van der Waals surface area contributed by atoms with Crippen LogP contribution >= 0.6 is 0 Å². The van der Waals surface area contributed by atoms with Crippen LogP contribution in [0.1, 0.15) is 31.1 Å². The van der Waals surface area contributed by atoms with E-state index in [4.69, 9.17) is 15.2 Å². The van der Waals surface area contributed by atoms with E-state index in [1.807, 2.05) is 50.2 Å². The van der Waals surface area contributed by atoms with E-state index in [1.165, 1.54) is 0 Å². The number of nitrogens with zero attached hydrogens (tertiary/aromatic N) is 1. The smallest absolute Gasteiger partial charge is 0.161 e. The molecule has 0 amide bonds. The van der Waals surface area contributed by atoms with Gasteiger partial charge in [0.05, 0.1) is 13.2 Å². The van der Waals surface area contributed by atoms with Crippen molar-refractivity contribution in [1.82, 2.24) is 4.98 Å². The molecule has 1 aromatic carbocycles. The Bertz CT molecular complexity index is 558. The quantitative estimate of drug-likeness (QED) is 0.849. The van der Waals surface area contributed by atoms with Crippen molar-refractivity contribution in [3.8, 4) is 11.5 Å². The van der Waals surface area contributed by atoms with Gasteiger partial charge in [0.15, 0.2) is 11.5 Å². The average Bonchev–Trinajstić information content (AvgIpc) is 2.50. The van der Waals surface area contributed by atoms with E-state index >= 15 is 0 Å². The van der Waals surface area contributed by atoms with Gasteiger partial charge in [0.25, 0.3) is 0 Å². The van der Waals surface area contributed by atoms with Gasteiger partial charge < -0.3 is 15.2 Å². The zero-order valence-electron chi connectivity index (χ0n) is 12.6.